The second-order valence-corrected chi connectivity index (χ2v) is 6.46. The van der Waals surface area contributed by atoms with Crippen molar-refractivity contribution in [2.24, 2.45) is 0 Å². The first kappa shape index (κ1) is 12.3. The molecular formula is C17H16N4O. The minimum atomic E-state index is 0.353. The highest BCUT2D eigenvalue weighted by atomic mass is 16.6. The van der Waals surface area contributed by atoms with E-state index in [0.29, 0.717) is 5.41 Å². The number of fused-ring (bicyclic) bond motifs is 3. The first-order chi connectivity index (χ1) is 10.8. The van der Waals surface area contributed by atoms with Gasteiger partial charge in [0.15, 0.2) is 0 Å². The molecule has 0 amide bonds. The third-order valence-electron chi connectivity index (χ3n) is 5.26. The van der Waals surface area contributed by atoms with Gasteiger partial charge in [0.05, 0.1) is 5.69 Å². The zero-order chi connectivity index (χ0) is 14.6. The van der Waals surface area contributed by atoms with Gasteiger partial charge in [0.1, 0.15) is 11.0 Å². The third-order valence-corrected chi connectivity index (χ3v) is 5.26. The van der Waals surface area contributed by atoms with E-state index in [0.717, 1.165) is 22.3 Å². The Morgan fingerprint density at radius 1 is 1.00 bits per heavy atom. The molecule has 4 heterocycles. The fourth-order valence-electron chi connectivity index (χ4n) is 3.93. The Labute approximate surface area is 127 Å². The molecule has 0 atom stereocenters. The summed E-state index contributed by atoms with van der Waals surface area (Å²) in [4.78, 5) is 7.25. The van der Waals surface area contributed by atoms with Crippen LogP contribution in [0.15, 0.2) is 41.2 Å². The first-order valence-corrected chi connectivity index (χ1v) is 7.74. The molecule has 5 rings (SSSR count). The van der Waals surface area contributed by atoms with Crippen LogP contribution < -0.4 is 0 Å². The normalized spacial score (nSPS) is 26.8. The van der Waals surface area contributed by atoms with E-state index in [9.17, 15) is 0 Å². The van der Waals surface area contributed by atoms with Gasteiger partial charge in [-0.3, -0.25) is 4.98 Å². The van der Waals surface area contributed by atoms with Gasteiger partial charge in [-0.15, -0.1) is 0 Å². The van der Waals surface area contributed by atoms with E-state index in [1.165, 1.54) is 38.0 Å². The lowest BCUT2D eigenvalue weighted by Gasteiger charge is -2.25. The average molecular weight is 292 g/mol. The summed E-state index contributed by atoms with van der Waals surface area (Å²) in [7, 11) is 0. The lowest BCUT2D eigenvalue weighted by atomic mass is 9.78. The Morgan fingerprint density at radius 2 is 1.86 bits per heavy atom. The molecule has 0 spiro atoms. The number of benzene rings is 1. The summed E-state index contributed by atoms with van der Waals surface area (Å²) in [5.41, 5.74) is 5.30. The van der Waals surface area contributed by atoms with Crippen LogP contribution in [0.25, 0.3) is 22.3 Å². The molecule has 0 radical (unpaired) electrons. The maximum atomic E-state index is 4.75. The second kappa shape index (κ2) is 4.36. The monoisotopic (exact) mass is 292 g/mol. The molecule has 1 aromatic carbocycles. The number of aromatic nitrogens is 3. The quantitative estimate of drug-likeness (QED) is 0.726. The van der Waals surface area contributed by atoms with Crippen molar-refractivity contribution in [1.82, 2.24) is 20.2 Å². The van der Waals surface area contributed by atoms with Gasteiger partial charge in [0.2, 0.25) is 0 Å². The Bertz CT molecular complexity index is 831. The van der Waals surface area contributed by atoms with Crippen molar-refractivity contribution in [3.63, 3.8) is 0 Å². The molecule has 5 heteroatoms. The van der Waals surface area contributed by atoms with E-state index in [2.05, 4.69) is 33.5 Å². The lowest BCUT2D eigenvalue weighted by Crippen LogP contribution is -2.24. The largest absolute Gasteiger partial charge is 0.302 e. The van der Waals surface area contributed by atoms with E-state index in [1.807, 2.05) is 18.2 Å². The zero-order valence-corrected chi connectivity index (χ0v) is 12.2. The molecule has 2 saturated heterocycles. The summed E-state index contributed by atoms with van der Waals surface area (Å²) in [5.74, 6) is 0. The number of hydrogen-bond donors (Lipinski definition) is 0. The standard InChI is InChI=1S/C17H16N4O/c1-3-15-16(20-22-19-15)9-12(1)14-4-2-13(10-18-14)17-5-7-21(11-17)8-6-17/h1-4,9-10H,5-8,11H2. The van der Waals surface area contributed by atoms with E-state index >= 15 is 0 Å². The molecule has 2 aliphatic heterocycles. The van der Waals surface area contributed by atoms with E-state index < -0.39 is 0 Å². The minimum Gasteiger partial charge on any atom is -0.302 e. The van der Waals surface area contributed by atoms with Gasteiger partial charge < -0.3 is 4.90 Å². The molecule has 110 valence electrons. The zero-order valence-electron chi connectivity index (χ0n) is 12.2. The lowest BCUT2D eigenvalue weighted by molar-refractivity contribution is 0.315. The number of pyridine rings is 1. The number of nitrogens with zero attached hydrogens (tertiary/aromatic N) is 4. The highest BCUT2D eigenvalue weighted by Crippen LogP contribution is 2.43. The highest BCUT2D eigenvalue weighted by molar-refractivity contribution is 5.79. The van der Waals surface area contributed by atoms with Crippen LogP contribution in [-0.2, 0) is 5.41 Å². The van der Waals surface area contributed by atoms with E-state index in [-0.39, 0.29) is 0 Å². The summed E-state index contributed by atoms with van der Waals surface area (Å²) in [6, 6.07) is 10.3. The van der Waals surface area contributed by atoms with Crippen molar-refractivity contribution < 1.29 is 4.63 Å². The van der Waals surface area contributed by atoms with Crippen molar-refractivity contribution in [2.75, 3.05) is 19.6 Å². The molecule has 22 heavy (non-hydrogen) atoms. The summed E-state index contributed by atoms with van der Waals surface area (Å²) in [6.45, 7) is 3.67. The van der Waals surface area contributed by atoms with E-state index in [1.54, 1.807) is 0 Å². The molecule has 2 aliphatic rings. The summed E-state index contributed by atoms with van der Waals surface area (Å²) in [5, 5.41) is 7.73. The molecule has 3 aromatic rings. The molecule has 0 aliphatic carbocycles. The smallest absolute Gasteiger partial charge is 0.135 e. The molecule has 0 unspecified atom stereocenters. The van der Waals surface area contributed by atoms with Gasteiger partial charge in [-0.25, -0.2) is 4.63 Å². The average Bonchev–Trinajstić information content (AvgIpc) is 3.30. The maximum absolute atomic E-state index is 4.75. The molecule has 2 aromatic heterocycles. The van der Waals surface area contributed by atoms with Crippen LogP contribution in [0.1, 0.15) is 18.4 Å². The van der Waals surface area contributed by atoms with Crippen LogP contribution in [0.3, 0.4) is 0 Å². The predicted molar refractivity (Wildman–Crippen MR) is 82.4 cm³/mol. The van der Waals surface area contributed by atoms with Crippen LogP contribution in [0.5, 0.6) is 0 Å². The molecular weight excluding hydrogens is 276 g/mol. The van der Waals surface area contributed by atoms with Crippen LogP contribution in [0.2, 0.25) is 0 Å². The first-order valence-electron chi connectivity index (χ1n) is 7.74. The van der Waals surface area contributed by atoms with Crippen molar-refractivity contribution in [3.05, 3.63) is 42.1 Å². The minimum absolute atomic E-state index is 0.353. The molecule has 2 fully saturated rings. The topological polar surface area (TPSA) is 55.1 Å². The Hall–Kier alpha value is -2.27. The van der Waals surface area contributed by atoms with Gasteiger partial charge in [-0.05, 0) is 60.0 Å². The van der Waals surface area contributed by atoms with Crippen LogP contribution >= 0.6 is 0 Å². The number of hydrogen-bond acceptors (Lipinski definition) is 5. The predicted octanol–water partition coefficient (Wildman–Crippen LogP) is 2.63. The Kier molecular flexibility index (Phi) is 2.44. The Morgan fingerprint density at radius 3 is 2.59 bits per heavy atom. The number of rotatable bonds is 2. The van der Waals surface area contributed by atoms with Gasteiger partial charge >= 0.3 is 0 Å². The van der Waals surface area contributed by atoms with Crippen molar-refractivity contribution in [3.8, 4) is 11.3 Å². The highest BCUT2D eigenvalue weighted by Gasteiger charge is 2.44. The fourth-order valence-corrected chi connectivity index (χ4v) is 3.93. The Balaban J connectivity index is 1.51. The second-order valence-electron chi connectivity index (χ2n) is 6.46. The van der Waals surface area contributed by atoms with Gasteiger partial charge in [0.25, 0.3) is 0 Å². The maximum Gasteiger partial charge on any atom is 0.135 e. The fraction of sp³-hybridized carbons (Fsp3) is 0.353. The molecule has 5 nitrogen and oxygen atoms in total. The van der Waals surface area contributed by atoms with Crippen LogP contribution in [-0.4, -0.2) is 39.8 Å². The summed E-state index contributed by atoms with van der Waals surface area (Å²) < 4.78 is 4.75. The van der Waals surface area contributed by atoms with Gasteiger partial charge in [-0.1, -0.05) is 12.1 Å². The molecule has 2 bridgehead atoms. The van der Waals surface area contributed by atoms with Crippen LogP contribution in [0, 0.1) is 0 Å². The summed E-state index contributed by atoms with van der Waals surface area (Å²) in [6.07, 6.45) is 4.60. The number of piperidine rings is 1. The molecule has 0 saturated carbocycles. The summed E-state index contributed by atoms with van der Waals surface area (Å²) >= 11 is 0. The third kappa shape index (κ3) is 1.72. The van der Waals surface area contributed by atoms with Gasteiger partial charge in [-0.2, -0.15) is 0 Å². The van der Waals surface area contributed by atoms with Crippen molar-refractivity contribution in [2.45, 2.75) is 18.3 Å². The molecule has 0 N–H and O–H groups in total. The van der Waals surface area contributed by atoms with E-state index in [4.69, 9.17) is 9.61 Å². The van der Waals surface area contributed by atoms with Crippen molar-refractivity contribution >= 4 is 11.0 Å². The SMILES string of the molecule is c1cc2nonc2cc1-c1ccc(C23CCN(CC2)C3)cn1. The van der Waals surface area contributed by atoms with Crippen molar-refractivity contribution in [1.29, 1.82) is 0 Å². The van der Waals surface area contributed by atoms with Crippen LogP contribution in [0.4, 0.5) is 0 Å². The van der Waals surface area contributed by atoms with Gasteiger partial charge in [0, 0.05) is 23.7 Å².